The molecular formula is C27H19ClFN3O3. The molecule has 3 heterocycles. The number of nitrogens with zero attached hydrogens (tertiary/aromatic N) is 2. The number of halogens is 2. The first kappa shape index (κ1) is 21.6. The SMILES string of the molecule is O=C(Nc1ccc(Cl)cc1)[C@H]1[C@H]2C(=O)N(c3cccc(F)c3)C(=O)[C@H]2[C@@H]2C=Cc3ccccc3N21. The van der Waals surface area contributed by atoms with E-state index < -0.39 is 47.5 Å². The van der Waals surface area contributed by atoms with Gasteiger partial charge in [0.15, 0.2) is 0 Å². The first-order valence-electron chi connectivity index (χ1n) is 11.2. The fourth-order valence-electron chi connectivity index (χ4n) is 5.43. The van der Waals surface area contributed by atoms with Gasteiger partial charge in [0.25, 0.3) is 0 Å². The number of carbonyl (C=O) groups excluding carboxylic acids is 3. The minimum atomic E-state index is -0.943. The molecular weight excluding hydrogens is 469 g/mol. The zero-order chi connectivity index (χ0) is 24.3. The lowest BCUT2D eigenvalue weighted by Crippen LogP contribution is -2.50. The maximum absolute atomic E-state index is 13.9. The van der Waals surface area contributed by atoms with Gasteiger partial charge in [-0.05, 0) is 54.1 Å². The minimum Gasteiger partial charge on any atom is -0.351 e. The van der Waals surface area contributed by atoms with Gasteiger partial charge in [0.1, 0.15) is 11.9 Å². The van der Waals surface area contributed by atoms with Gasteiger partial charge in [0.2, 0.25) is 17.7 Å². The first-order valence-corrected chi connectivity index (χ1v) is 11.6. The van der Waals surface area contributed by atoms with Gasteiger partial charge < -0.3 is 10.2 Å². The van der Waals surface area contributed by atoms with Crippen molar-refractivity contribution >= 4 is 52.5 Å². The summed E-state index contributed by atoms with van der Waals surface area (Å²) >= 11 is 5.97. The normalized spacial score (nSPS) is 24.3. The number of anilines is 3. The van der Waals surface area contributed by atoms with Gasteiger partial charge in [-0.1, -0.05) is 48.0 Å². The summed E-state index contributed by atoms with van der Waals surface area (Å²) in [5, 5.41) is 3.41. The molecule has 8 heteroatoms. The van der Waals surface area contributed by atoms with E-state index in [4.69, 9.17) is 11.6 Å². The Kier molecular flexibility index (Phi) is 4.96. The number of amides is 3. The number of imide groups is 1. The average molecular weight is 488 g/mol. The number of para-hydroxylation sites is 1. The standard InChI is InChI=1S/C27H19ClFN3O3/c28-16-9-11-18(12-10-16)30-25(33)24-23-22(21-13-8-15-4-1-2-7-20(15)32(21)24)26(34)31(27(23)35)19-6-3-5-17(29)14-19/h1-14,21-24H,(H,30,33)/t21-,22-,23-,24+/m0/s1. The molecule has 2 fully saturated rings. The number of rotatable bonds is 3. The Labute approximate surface area is 205 Å². The Morgan fingerprint density at radius 1 is 0.914 bits per heavy atom. The van der Waals surface area contributed by atoms with E-state index in [0.717, 1.165) is 22.2 Å². The monoisotopic (exact) mass is 487 g/mol. The topological polar surface area (TPSA) is 69.7 Å². The number of fused-ring (bicyclic) bond motifs is 5. The first-order chi connectivity index (χ1) is 16.9. The molecule has 1 N–H and O–H groups in total. The van der Waals surface area contributed by atoms with Crippen LogP contribution in [0.3, 0.4) is 0 Å². The minimum absolute atomic E-state index is 0.165. The molecule has 6 rings (SSSR count). The Morgan fingerprint density at radius 3 is 2.43 bits per heavy atom. The van der Waals surface area contributed by atoms with Gasteiger partial charge >= 0.3 is 0 Å². The maximum Gasteiger partial charge on any atom is 0.247 e. The third kappa shape index (κ3) is 3.34. The Morgan fingerprint density at radius 2 is 1.66 bits per heavy atom. The molecule has 4 atom stereocenters. The highest BCUT2D eigenvalue weighted by Crippen LogP contribution is 2.49. The van der Waals surface area contributed by atoms with E-state index in [9.17, 15) is 18.8 Å². The molecule has 0 saturated carbocycles. The van der Waals surface area contributed by atoms with Crippen molar-refractivity contribution in [3.05, 3.63) is 95.3 Å². The lowest BCUT2D eigenvalue weighted by atomic mass is 9.88. The van der Waals surface area contributed by atoms with Crippen LogP contribution in [-0.4, -0.2) is 29.8 Å². The predicted molar refractivity (Wildman–Crippen MR) is 131 cm³/mol. The van der Waals surface area contributed by atoms with E-state index in [0.29, 0.717) is 10.7 Å². The van der Waals surface area contributed by atoms with E-state index in [-0.39, 0.29) is 5.69 Å². The summed E-state index contributed by atoms with van der Waals surface area (Å²) < 4.78 is 13.9. The summed E-state index contributed by atoms with van der Waals surface area (Å²) in [6.45, 7) is 0. The lowest BCUT2D eigenvalue weighted by molar-refractivity contribution is -0.126. The molecule has 3 aromatic carbocycles. The Bertz CT molecular complexity index is 1410. The summed E-state index contributed by atoms with van der Waals surface area (Å²) in [5.41, 5.74) is 2.37. The molecule has 35 heavy (non-hydrogen) atoms. The van der Waals surface area contributed by atoms with E-state index in [2.05, 4.69) is 5.32 Å². The van der Waals surface area contributed by atoms with Crippen molar-refractivity contribution in [2.45, 2.75) is 12.1 Å². The van der Waals surface area contributed by atoms with Crippen molar-refractivity contribution in [2.24, 2.45) is 11.8 Å². The number of nitrogens with one attached hydrogen (secondary N) is 1. The highest BCUT2D eigenvalue weighted by molar-refractivity contribution is 6.30. The molecule has 174 valence electrons. The molecule has 3 amide bonds. The van der Waals surface area contributed by atoms with E-state index in [1.807, 2.05) is 41.3 Å². The lowest BCUT2D eigenvalue weighted by Gasteiger charge is -2.36. The zero-order valence-corrected chi connectivity index (χ0v) is 19.0. The van der Waals surface area contributed by atoms with Gasteiger partial charge in [-0.15, -0.1) is 0 Å². The van der Waals surface area contributed by atoms with Gasteiger partial charge in [-0.2, -0.15) is 0 Å². The second-order valence-corrected chi connectivity index (χ2v) is 9.24. The summed E-state index contributed by atoms with van der Waals surface area (Å²) in [6, 6.07) is 18.2. The number of benzene rings is 3. The smallest absolute Gasteiger partial charge is 0.247 e. The largest absolute Gasteiger partial charge is 0.351 e. The second kappa shape index (κ2) is 8.06. The van der Waals surface area contributed by atoms with Crippen LogP contribution in [0.2, 0.25) is 5.02 Å². The summed E-state index contributed by atoms with van der Waals surface area (Å²) in [5.74, 6) is -3.62. The van der Waals surface area contributed by atoms with Crippen molar-refractivity contribution in [1.82, 2.24) is 0 Å². The van der Waals surface area contributed by atoms with Crippen molar-refractivity contribution in [2.75, 3.05) is 15.1 Å². The number of hydrogen-bond donors (Lipinski definition) is 1. The predicted octanol–water partition coefficient (Wildman–Crippen LogP) is 4.51. The zero-order valence-electron chi connectivity index (χ0n) is 18.3. The summed E-state index contributed by atoms with van der Waals surface area (Å²) in [4.78, 5) is 43.9. The van der Waals surface area contributed by atoms with Gasteiger partial charge in [-0.25, -0.2) is 9.29 Å². The molecule has 0 aliphatic carbocycles. The maximum atomic E-state index is 13.9. The Balaban J connectivity index is 1.44. The quantitative estimate of drug-likeness (QED) is 0.552. The molecule has 3 aliphatic rings. The fourth-order valence-corrected chi connectivity index (χ4v) is 5.56. The highest BCUT2D eigenvalue weighted by atomic mass is 35.5. The van der Waals surface area contributed by atoms with Crippen LogP contribution in [0.5, 0.6) is 0 Å². The second-order valence-electron chi connectivity index (χ2n) is 8.80. The molecule has 3 aromatic rings. The van der Waals surface area contributed by atoms with Crippen LogP contribution in [-0.2, 0) is 14.4 Å². The van der Waals surface area contributed by atoms with Crippen molar-refractivity contribution in [1.29, 1.82) is 0 Å². The van der Waals surface area contributed by atoms with Gasteiger partial charge in [-0.3, -0.25) is 14.4 Å². The molecule has 6 nitrogen and oxygen atoms in total. The Hall–Kier alpha value is -3.97. The van der Waals surface area contributed by atoms with Crippen molar-refractivity contribution in [3.8, 4) is 0 Å². The molecule has 2 saturated heterocycles. The van der Waals surface area contributed by atoms with E-state index >= 15 is 0 Å². The molecule has 3 aliphatic heterocycles. The van der Waals surface area contributed by atoms with Crippen LogP contribution < -0.4 is 15.1 Å². The molecule has 0 unspecified atom stereocenters. The summed E-state index contributed by atoms with van der Waals surface area (Å²) in [6.07, 6.45) is 3.78. The van der Waals surface area contributed by atoms with Crippen LogP contribution in [0, 0.1) is 17.7 Å². The highest BCUT2D eigenvalue weighted by Gasteiger charge is 2.64. The molecule has 0 radical (unpaired) electrons. The van der Waals surface area contributed by atoms with Gasteiger partial charge in [0.05, 0.1) is 23.6 Å². The van der Waals surface area contributed by atoms with Crippen LogP contribution in [0.25, 0.3) is 6.08 Å². The van der Waals surface area contributed by atoms with E-state index in [1.54, 1.807) is 24.3 Å². The van der Waals surface area contributed by atoms with Crippen molar-refractivity contribution in [3.63, 3.8) is 0 Å². The van der Waals surface area contributed by atoms with Crippen LogP contribution in [0.15, 0.2) is 78.9 Å². The van der Waals surface area contributed by atoms with Crippen LogP contribution in [0.1, 0.15) is 5.56 Å². The van der Waals surface area contributed by atoms with Gasteiger partial charge in [0, 0.05) is 16.4 Å². The third-order valence-corrected chi connectivity index (χ3v) is 7.11. The summed E-state index contributed by atoms with van der Waals surface area (Å²) in [7, 11) is 0. The molecule has 0 aromatic heterocycles. The van der Waals surface area contributed by atoms with Crippen LogP contribution >= 0.6 is 11.6 Å². The van der Waals surface area contributed by atoms with Crippen molar-refractivity contribution < 1.29 is 18.8 Å². The van der Waals surface area contributed by atoms with Crippen LogP contribution in [0.4, 0.5) is 21.5 Å². The number of hydrogen-bond acceptors (Lipinski definition) is 4. The fraction of sp³-hybridized carbons (Fsp3) is 0.148. The average Bonchev–Trinajstić information content (AvgIpc) is 3.33. The molecule has 0 spiro atoms. The number of carbonyl (C=O) groups is 3. The molecule has 0 bridgehead atoms. The van der Waals surface area contributed by atoms with E-state index in [1.165, 1.54) is 18.2 Å². The third-order valence-electron chi connectivity index (χ3n) is 6.86.